The summed E-state index contributed by atoms with van der Waals surface area (Å²) in [6.07, 6.45) is 1.54. The number of piperidine rings is 1. The van der Waals surface area contributed by atoms with Gasteiger partial charge >= 0.3 is 0 Å². The van der Waals surface area contributed by atoms with Crippen LogP contribution in [0.15, 0.2) is 69.7 Å². The number of carbonyl (C=O) groups is 2. The van der Waals surface area contributed by atoms with Crippen molar-refractivity contribution in [2.75, 3.05) is 19.6 Å². The summed E-state index contributed by atoms with van der Waals surface area (Å²) in [5, 5.41) is 10.4. The van der Waals surface area contributed by atoms with E-state index in [2.05, 4.69) is 20.6 Å². The summed E-state index contributed by atoms with van der Waals surface area (Å²) in [5.41, 5.74) is 1.43. The van der Waals surface area contributed by atoms with Gasteiger partial charge in [0.1, 0.15) is 5.82 Å². The number of nitrogens with zero attached hydrogens (tertiary/aromatic N) is 4. The Hall–Kier alpha value is -4.34. The van der Waals surface area contributed by atoms with Crippen LogP contribution in [0.2, 0.25) is 0 Å². The highest BCUT2D eigenvalue weighted by Crippen LogP contribution is 2.28. The van der Waals surface area contributed by atoms with E-state index in [1.165, 1.54) is 18.2 Å². The molecule has 1 unspecified atom stereocenters. The minimum Gasteiger partial charge on any atom is -0.355 e. The first-order valence-electron chi connectivity index (χ1n) is 11.2. The van der Waals surface area contributed by atoms with Gasteiger partial charge in [0, 0.05) is 30.3 Å². The molecule has 1 aliphatic rings. The van der Waals surface area contributed by atoms with Crippen molar-refractivity contribution in [3.63, 3.8) is 0 Å². The van der Waals surface area contributed by atoms with Crippen molar-refractivity contribution in [1.82, 2.24) is 25.5 Å². The molecule has 178 valence electrons. The maximum absolute atomic E-state index is 13.5. The van der Waals surface area contributed by atoms with E-state index in [9.17, 15) is 14.0 Å². The summed E-state index contributed by atoms with van der Waals surface area (Å²) < 4.78 is 24.2. The predicted molar refractivity (Wildman–Crippen MR) is 123 cm³/mol. The highest BCUT2D eigenvalue weighted by atomic mass is 19.1. The summed E-state index contributed by atoms with van der Waals surface area (Å²) in [6, 6.07) is 16.8. The minimum atomic E-state index is -0.491. The average Bonchev–Trinajstić information content (AvgIpc) is 3.59. The molecule has 3 heterocycles. The van der Waals surface area contributed by atoms with Gasteiger partial charge in [0.15, 0.2) is 11.5 Å². The average molecular weight is 475 g/mol. The third-order valence-corrected chi connectivity index (χ3v) is 5.85. The number of benzene rings is 2. The van der Waals surface area contributed by atoms with E-state index in [4.69, 9.17) is 9.05 Å². The van der Waals surface area contributed by atoms with Crippen LogP contribution in [-0.4, -0.2) is 51.6 Å². The molecule has 2 amide bonds. The van der Waals surface area contributed by atoms with Crippen molar-refractivity contribution < 1.29 is 23.0 Å². The monoisotopic (exact) mass is 475 g/mol. The van der Waals surface area contributed by atoms with Crippen LogP contribution in [0.1, 0.15) is 35.1 Å². The van der Waals surface area contributed by atoms with E-state index in [1.807, 2.05) is 30.3 Å². The molecule has 10 heteroatoms. The van der Waals surface area contributed by atoms with Crippen LogP contribution >= 0.6 is 0 Å². The second-order valence-electron chi connectivity index (χ2n) is 8.27. The summed E-state index contributed by atoms with van der Waals surface area (Å²) in [5.74, 6) is -0.0544. The molecular formula is C25H22FN5O4. The second kappa shape index (κ2) is 9.88. The van der Waals surface area contributed by atoms with Crippen molar-refractivity contribution in [1.29, 1.82) is 0 Å². The molecule has 1 atom stereocenters. The Morgan fingerprint density at radius 3 is 2.69 bits per heavy atom. The van der Waals surface area contributed by atoms with Gasteiger partial charge in [-0.3, -0.25) is 9.59 Å². The first kappa shape index (κ1) is 22.5. The van der Waals surface area contributed by atoms with Gasteiger partial charge in [0.2, 0.25) is 17.6 Å². The lowest BCUT2D eigenvalue weighted by Gasteiger charge is -2.31. The largest absolute Gasteiger partial charge is 0.355 e. The highest BCUT2D eigenvalue weighted by molar-refractivity contribution is 5.95. The van der Waals surface area contributed by atoms with Gasteiger partial charge in [-0.25, -0.2) is 4.39 Å². The first-order chi connectivity index (χ1) is 17.1. The number of carbonyl (C=O) groups excluding carboxylic acids is 2. The SMILES string of the molecule is O=C(NCC(=O)N1CCCC(c2nc(-c3cccc(F)c3)no2)C1)c1cc(-c2ccccc2)on1. The topological polar surface area (TPSA) is 114 Å². The molecule has 0 bridgehead atoms. The smallest absolute Gasteiger partial charge is 0.273 e. The fourth-order valence-electron chi connectivity index (χ4n) is 4.03. The highest BCUT2D eigenvalue weighted by Gasteiger charge is 2.29. The van der Waals surface area contributed by atoms with Gasteiger partial charge in [-0.15, -0.1) is 0 Å². The molecule has 1 saturated heterocycles. The maximum atomic E-state index is 13.5. The van der Waals surface area contributed by atoms with E-state index in [0.29, 0.717) is 36.1 Å². The molecule has 0 spiro atoms. The van der Waals surface area contributed by atoms with Crippen LogP contribution in [0.5, 0.6) is 0 Å². The van der Waals surface area contributed by atoms with Crippen LogP contribution in [0, 0.1) is 5.82 Å². The predicted octanol–water partition coefficient (Wildman–Crippen LogP) is 3.67. The molecule has 0 radical (unpaired) electrons. The molecule has 2 aromatic carbocycles. The second-order valence-corrected chi connectivity index (χ2v) is 8.27. The zero-order valence-corrected chi connectivity index (χ0v) is 18.7. The Balaban J connectivity index is 1.17. The van der Waals surface area contributed by atoms with Crippen molar-refractivity contribution in [2.24, 2.45) is 0 Å². The zero-order chi connectivity index (χ0) is 24.2. The first-order valence-corrected chi connectivity index (χ1v) is 11.2. The number of halogens is 1. The van der Waals surface area contributed by atoms with Crippen molar-refractivity contribution in [2.45, 2.75) is 18.8 Å². The van der Waals surface area contributed by atoms with Crippen LogP contribution in [0.4, 0.5) is 4.39 Å². The molecule has 0 aliphatic carbocycles. The van der Waals surface area contributed by atoms with Gasteiger partial charge in [-0.05, 0) is 25.0 Å². The lowest BCUT2D eigenvalue weighted by molar-refractivity contribution is -0.131. The third-order valence-electron chi connectivity index (χ3n) is 5.85. The Kier molecular flexibility index (Phi) is 6.34. The van der Waals surface area contributed by atoms with Gasteiger partial charge in [0.25, 0.3) is 5.91 Å². The molecule has 1 fully saturated rings. The number of hydrogen-bond acceptors (Lipinski definition) is 7. The number of amides is 2. The molecule has 1 N–H and O–H groups in total. The van der Waals surface area contributed by atoms with E-state index in [0.717, 1.165) is 18.4 Å². The van der Waals surface area contributed by atoms with Gasteiger partial charge < -0.3 is 19.3 Å². The fraction of sp³-hybridized carbons (Fsp3) is 0.240. The van der Waals surface area contributed by atoms with E-state index < -0.39 is 5.91 Å². The minimum absolute atomic E-state index is 0.101. The standard InChI is InChI=1S/C25H22FN5O4/c26-19-10-4-8-17(12-19)23-28-25(35-30-23)18-9-5-11-31(15-18)22(32)14-27-24(33)20-13-21(34-29-20)16-6-2-1-3-7-16/h1-4,6-8,10,12-13,18H,5,9,11,14-15H2,(H,27,33). The number of hydrogen-bond donors (Lipinski definition) is 1. The molecule has 35 heavy (non-hydrogen) atoms. The normalized spacial score (nSPS) is 15.7. The number of rotatable bonds is 6. The van der Waals surface area contributed by atoms with Crippen molar-refractivity contribution in [3.05, 3.63) is 78.1 Å². The van der Waals surface area contributed by atoms with Crippen LogP contribution < -0.4 is 5.32 Å². The third kappa shape index (κ3) is 5.11. The molecule has 9 nitrogen and oxygen atoms in total. The van der Waals surface area contributed by atoms with Crippen LogP contribution in [-0.2, 0) is 4.79 Å². The molecule has 4 aromatic rings. The number of likely N-dealkylation sites (tertiary alicyclic amines) is 1. The number of aromatic nitrogens is 3. The Morgan fingerprint density at radius 2 is 1.86 bits per heavy atom. The fourth-order valence-corrected chi connectivity index (χ4v) is 4.03. The molecule has 2 aromatic heterocycles. The Morgan fingerprint density at radius 1 is 1.03 bits per heavy atom. The molecule has 0 saturated carbocycles. The Bertz CT molecular complexity index is 1340. The van der Waals surface area contributed by atoms with E-state index in [1.54, 1.807) is 17.0 Å². The van der Waals surface area contributed by atoms with Gasteiger partial charge in [0.05, 0.1) is 12.5 Å². The van der Waals surface area contributed by atoms with Crippen LogP contribution in [0.25, 0.3) is 22.7 Å². The summed E-state index contributed by atoms with van der Waals surface area (Å²) in [6.45, 7) is 0.789. The van der Waals surface area contributed by atoms with E-state index >= 15 is 0 Å². The Labute approximate surface area is 199 Å². The summed E-state index contributed by atoms with van der Waals surface area (Å²) in [4.78, 5) is 31.3. The van der Waals surface area contributed by atoms with Gasteiger partial charge in [-0.1, -0.05) is 52.8 Å². The molecular weight excluding hydrogens is 453 g/mol. The lowest BCUT2D eigenvalue weighted by atomic mass is 9.98. The summed E-state index contributed by atoms with van der Waals surface area (Å²) >= 11 is 0. The lowest BCUT2D eigenvalue weighted by Crippen LogP contribution is -2.44. The van der Waals surface area contributed by atoms with Gasteiger partial charge in [-0.2, -0.15) is 4.98 Å². The van der Waals surface area contributed by atoms with E-state index in [-0.39, 0.29) is 29.9 Å². The number of nitrogens with one attached hydrogen (secondary N) is 1. The maximum Gasteiger partial charge on any atom is 0.273 e. The van der Waals surface area contributed by atoms with Crippen LogP contribution in [0.3, 0.4) is 0 Å². The molecule has 5 rings (SSSR count). The quantitative estimate of drug-likeness (QED) is 0.453. The zero-order valence-electron chi connectivity index (χ0n) is 18.7. The molecule has 1 aliphatic heterocycles. The summed E-state index contributed by atoms with van der Waals surface area (Å²) in [7, 11) is 0. The van der Waals surface area contributed by atoms with Crippen molar-refractivity contribution in [3.8, 4) is 22.7 Å². The van der Waals surface area contributed by atoms with Crippen molar-refractivity contribution >= 4 is 11.8 Å².